The van der Waals surface area contributed by atoms with Gasteiger partial charge in [-0.05, 0) is 49.5 Å². The van der Waals surface area contributed by atoms with E-state index in [9.17, 15) is 0 Å². The number of aromatic nitrogens is 4. The fourth-order valence-electron chi connectivity index (χ4n) is 4.61. The number of H-pyrrole nitrogens is 2. The van der Waals surface area contributed by atoms with Crippen LogP contribution in [0.1, 0.15) is 0 Å². The van der Waals surface area contributed by atoms with E-state index in [1.165, 1.54) is 5.69 Å². The van der Waals surface area contributed by atoms with Crippen molar-refractivity contribution in [2.75, 3.05) is 45.2 Å². The molecular weight excluding hydrogens is 443 g/mol. The summed E-state index contributed by atoms with van der Waals surface area (Å²) in [5.74, 6) is 2.50. The molecule has 34 heavy (non-hydrogen) atoms. The van der Waals surface area contributed by atoms with Crippen LogP contribution in [0.25, 0.3) is 44.8 Å². The molecule has 8 heteroatoms. The summed E-state index contributed by atoms with van der Waals surface area (Å²) in [6.07, 6.45) is 0. The molecule has 6 rings (SSSR count). The fraction of sp³-hybridized carbons (Fsp3) is 0.231. The number of nitrogens with zero attached hydrogens (tertiary/aromatic N) is 4. The van der Waals surface area contributed by atoms with E-state index in [1.54, 1.807) is 7.11 Å². The maximum atomic E-state index is 5.46. The smallest absolute Gasteiger partial charge is 0.139 e. The number of benzene rings is 3. The Morgan fingerprint density at radius 3 is 2.35 bits per heavy atom. The van der Waals surface area contributed by atoms with Gasteiger partial charge >= 0.3 is 0 Å². The minimum atomic E-state index is 0.817. The summed E-state index contributed by atoms with van der Waals surface area (Å²) in [7, 11) is 6.62. The predicted octanol–water partition coefficient (Wildman–Crippen LogP) is 4.03. The zero-order chi connectivity index (χ0) is 23.2. The molecule has 3 aromatic carbocycles. The van der Waals surface area contributed by atoms with Crippen molar-refractivity contribution >= 4 is 42.3 Å². The van der Waals surface area contributed by atoms with Crippen LogP contribution in [-0.2, 0) is 0 Å². The third-order valence-electron chi connectivity index (χ3n) is 6.63. The lowest BCUT2D eigenvalue weighted by atomic mass is 10.2. The number of hydrogen-bond acceptors (Lipinski definition) is 5. The van der Waals surface area contributed by atoms with Gasteiger partial charge in [0, 0.05) is 48.3 Å². The Morgan fingerprint density at radius 1 is 0.853 bits per heavy atom. The van der Waals surface area contributed by atoms with Crippen molar-refractivity contribution in [2.45, 2.75) is 0 Å². The van der Waals surface area contributed by atoms with E-state index in [1.807, 2.05) is 24.3 Å². The second-order valence-corrected chi connectivity index (χ2v) is 9.39. The van der Waals surface area contributed by atoms with Crippen molar-refractivity contribution in [1.29, 1.82) is 0 Å². The van der Waals surface area contributed by atoms with Crippen LogP contribution in [0.3, 0.4) is 0 Å². The van der Waals surface area contributed by atoms with Crippen molar-refractivity contribution in [3.63, 3.8) is 0 Å². The summed E-state index contributed by atoms with van der Waals surface area (Å²) >= 11 is 0. The zero-order valence-electron chi connectivity index (χ0n) is 19.3. The van der Waals surface area contributed by atoms with Crippen molar-refractivity contribution in [1.82, 2.24) is 24.8 Å². The van der Waals surface area contributed by atoms with Gasteiger partial charge in [-0.2, -0.15) is 0 Å². The van der Waals surface area contributed by atoms with Crippen LogP contribution in [0.2, 0.25) is 0 Å². The number of piperazine rings is 1. The highest BCUT2D eigenvalue weighted by Gasteiger charge is 2.16. The second kappa shape index (κ2) is 8.42. The van der Waals surface area contributed by atoms with Crippen molar-refractivity contribution in [2.24, 2.45) is 0 Å². The summed E-state index contributed by atoms with van der Waals surface area (Å²) in [6.45, 7) is 4.28. The first-order valence-electron chi connectivity index (χ1n) is 11.5. The summed E-state index contributed by atoms with van der Waals surface area (Å²) in [5.41, 5.74) is 7.19. The monoisotopic (exact) mass is 470 g/mol. The van der Waals surface area contributed by atoms with Gasteiger partial charge in [0.15, 0.2) is 0 Å². The number of hydrogen-bond donors (Lipinski definition) is 2. The van der Waals surface area contributed by atoms with E-state index >= 15 is 0 Å². The van der Waals surface area contributed by atoms with E-state index in [4.69, 9.17) is 14.7 Å². The Kier molecular flexibility index (Phi) is 5.24. The maximum Gasteiger partial charge on any atom is 0.139 e. The van der Waals surface area contributed by atoms with Crippen LogP contribution in [0.4, 0.5) is 5.69 Å². The first kappa shape index (κ1) is 21.1. The molecule has 2 aromatic heterocycles. The third-order valence-corrected chi connectivity index (χ3v) is 7.23. The third kappa shape index (κ3) is 3.71. The zero-order valence-corrected chi connectivity index (χ0v) is 20.5. The topological polar surface area (TPSA) is 73.1 Å². The van der Waals surface area contributed by atoms with E-state index < -0.39 is 0 Å². The highest BCUT2D eigenvalue weighted by atomic mass is 31.0. The number of nitrogens with one attached hydrogen (secondary N) is 2. The largest absolute Gasteiger partial charge is 0.496 e. The molecule has 2 N–H and O–H groups in total. The van der Waals surface area contributed by atoms with Crippen LogP contribution in [0.15, 0.2) is 54.6 Å². The Morgan fingerprint density at radius 2 is 1.56 bits per heavy atom. The SMILES string of the molecule is COc1cccc(-c2nc3ccc(-c4nc5ccc(N6CCN(C)CC6)cc5[nH]4)cc3[nH]2)c1P. The van der Waals surface area contributed by atoms with E-state index in [0.717, 1.165) is 82.1 Å². The molecule has 3 heterocycles. The highest BCUT2D eigenvalue weighted by molar-refractivity contribution is 7.28. The quantitative estimate of drug-likeness (QED) is 0.388. The summed E-state index contributed by atoms with van der Waals surface area (Å²) in [6, 6.07) is 18.7. The van der Waals surface area contributed by atoms with Gasteiger partial charge in [-0.15, -0.1) is 9.24 Å². The van der Waals surface area contributed by atoms with Crippen LogP contribution < -0.4 is 14.9 Å². The summed E-state index contributed by atoms with van der Waals surface area (Å²) in [4.78, 5) is 21.5. The molecule has 0 amide bonds. The molecule has 1 aliphatic rings. The fourth-order valence-corrected chi connectivity index (χ4v) is 5.06. The van der Waals surface area contributed by atoms with Crippen molar-refractivity contribution in [3.8, 4) is 28.5 Å². The number of aromatic amines is 2. The molecule has 1 atom stereocenters. The van der Waals surface area contributed by atoms with Gasteiger partial charge in [-0.3, -0.25) is 0 Å². The van der Waals surface area contributed by atoms with Crippen LogP contribution >= 0.6 is 9.24 Å². The molecule has 1 fully saturated rings. The van der Waals surface area contributed by atoms with Crippen LogP contribution in [0.5, 0.6) is 5.75 Å². The summed E-state index contributed by atoms with van der Waals surface area (Å²) in [5, 5.41) is 0.984. The van der Waals surface area contributed by atoms with Crippen LogP contribution in [-0.4, -0.2) is 65.2 Å². The molecule has 0 radical (unpaired) electrons. The molecular formula is C26H27N6OP. The molecule has 172 valence electrons. The average Bonchev–Trinajstić information content (AvgIpc) is 3.48. The average molecular weight is 471 g/mol. The van der Waals surface area contributed by atoms with Gasteiger partial charge in [0.2, 0.25) is 0 Å². The number of ether oxygens (including phenoxy) is 1. The number of methoxy groups -OCH3 is 1. The summed E-state index contributed by atoms with van der Waals surface area (Å²) < 4.78 is 5.46. The normalized spacial score (nSPS) is 14.9. The first-order chi connectivity index (χ1) is 16.6. The first-order valence-corrected chi connectivity index (χ1v) is 12.0. The number of likely N-dealkylation sites (N-methyl/N-ethyl adjacent to an activating group) is 1. The predicted molar refractivity (Wildman–Crippen MR) is 142 cm³/mol. The van der Waals surface area contributed by atoms with Gasteiger partial charge in [-0.1, -0.05) is 12.1 Å². The van der Waals surface area contributed by atoms with E-state index in [0.29, 0.717) is 0 Å². The molecule has 1 aliphatic heterocycles. The number of fused-ring (bicyclic) bond motifs is 2. The molecule has 0 aliphatic carbocycles. The van der Waals surface area contributed by atoms with Gasteiger partial charge in [-0.25, -0.2) is 9.97 Å². The van der Waals surface area contributed by atoms with Crippen molar-refractivity contribution in [3.05, 3.63) is 54.6 Å². The maximum absolute atomic E-state index is 5.46. The molecule has 1 saturated heterocycles. The second-order valence-electron chi connectivity index (χ2n) is 8.82. The van der Waals surface area contributed by atoms with E-state index in [-0.39, 0.29) is 0 Å². The molecule has 0 bridgehead atoms. The Labute approximate surface area is 200 Å². The number of imidazole rings is 2. The standard InChI is InChI=1S/C26H27N6OP/c1-31-10-12-32(13-11-31)17-7-9-20-22(15-17)29-25(27-20)16-6-8-19-21(14-16)30-26(28-19)18-4-3-5-23(33-2)24(18)34/h3-9,14-15H,10-13,34H2,1-2H3,(H,27,29)(H,28,30). The molecule has 0 spiro atoms. The van der Waals surface area contributed by atoms with Gasteiger partial charge in [0.05, 0.1) is 29.2 Å². The van der Waals surface area contributed by atoms with E-state index in [2.05, 4.69) is 66.4 Å². The Balaban J connectivity index is 1.33. The highest BCUT2D eigenvalue weighted by Crippen LogP contribution is 2.29. The number of rotatable bonds is 4. The molecule has 1 unspecified atom stereocenters. The van der Waals surface area contributed by atoms with Gasteiger partial charge in [0.1, 0.15) is 17.4 Å². The minimum Gasteiger partial charge on any atom is -0.496 e. The number of anilines is 1. The lowest BCUT2D eigenvalue weighted by molar-refractivity contribution is 0.313. The Hall–Kier alpha value is -3.41. The van der Waals surface area contributed by atoms with Gasteiger partial charge in [0.25, 0.3) is 0 Å². The van der Waals surface area contributed by atoms with Gasteiger partial charge < -0.3 is 24.5 Å². The lowest BCUT2D eigenvalue weighted by Gasteiger charge is -2.34. The minimum absolute atomic E-state index is 0.817. The Bertz CT molecular complexity index is 1500. The molecule has 7 nitrogen and oxygen atoms in total. The van der Waals surface area contributed by atoms with Crippen molar-refractivity contribution < 1.29 is 4.74 Å². The van der Waals surface area contributed by atoms with Crippen LogP contribution in [0, 0.1) is 0 Å². The molecule has 5 aromatic rings. The molecule has 0 saturated carbocycles. The lowest BCUT2D eigenvalue weighted by Crippen LogP contribution is -2.44.